The van der Waals surface area contributed by atoms with Gasteiger partial charge in [0.05, 0.1) is 12.8 Å². The summed E-state index contributed by atoms with van der Waals surface area (Å²) in [5.74, 6) is -0.554. The van der Waals surface area contributed by atoms with E-state index in [1.54, 1.807) is 30.6 Å². The van der Waals surface area contributed by atoms with Crippen molar-refractivity contribution >= 4 is 29.4 Å². The number of pyridine rings is 1. The Labute approximate surface area is 186 Å². The van der Waals surface area contributed by atoms with Crippen molar-refractivity contribution < 1.29 is 4.79 Å². The third-order valence-corrected chi connectivity index (χ3v) is 5.14. The molecule has 3 rings (SSSR count). The summed E-state index contributed by atoms with van der Waals surface area (Å²) in [5, 5.41) is 4.59. The number of rotatable bonds is 8. The molecule has 0 fully saturated rings. The van der Waals surface area contributed by atoms with Crippen LogP contribution in [-0.2, 0) is 6.54 Å². The van der Waals surface area contributed by atoms with E-state index in [1.165, 1.54) is 10.6 Å². The Kier molecular flexibility index (Phi) is 7.62. The Bertz CT molecular complexity index is 1120. The van der Waals surface area contributed by atoms with E-state index >= 15 is 0 Å². The highest BCUT2D eigenvalue weighted by molar-refractivity contribution is 6.30. The van der Waals surface area contributed by atoms with Crippen LogP contribution in [0.5, 0.6) is 0 Å². The van der Waals surface area contributed by atoms with Crippen molar-refractivity contribution in [3.63, 3.8) is 0 Å². The van der Waals surface area contributed by atoms with Crippen molar-refractivity contribution in [3.05, 3.63) is 98.9 Å². The molecule has 0 radical (unpaired) electrons. The second kappa shape index (κ2) is 10.6. The fourth-order valence-corrected chi connectivity index (χ4v) is 3.46. The molecule has 0 saturated heterocycles. The van der Waals surface area contributed by atoms with E-state index in [0.29, 0.717) is 11.6 Å². The second-order valence-electron chi connectivity index (χ2n) is 6.95. The summed E-state index contributed by atoms with van der Waals surface area (Å²) in [6.45, 7) is 6.42. The lowest BCUT2D eigenvalue weighted by molar-refractivity contribution is 0.0953. The van der Waals surface area contributed by atoms with Crippen molar-refractivity contribution in [1.29, 1.82) is 0 Å². The standard InChI is InChI=1S/C24H25ClN4O2/c1-3-28(4-2)21-12-10-18(11-13-21)16-26-27-23(30)22-9-6-14-29(24(22)31)17-19-7-5-8-20(25)15-19/h5-16H,3-4,17H2,1-2H3,(H,27,30)/b26-16-. The number of halogens is 1. The minimum Gasteiger partial charge on any atom is -0.372 e. The molecular formula is C24H25ClN4O2. The molecule has 0 aliphatic carbocycles. The molecule has 0 unspecified atom stereocenters. The minimum absolute atomic E-state index is 0.0264. The average Bonchev–Trinajstić information content (AvgIpc) is 2.77. The lowest BCUT2D eigenvalue weighted by atomic mass is 10.2. The van der Waals surface area contributed by atoms with Gasteiger partial charge in [-0.2, -0.15) is 5.10 Å². The fraction of sp³-hybridized carbons (Fsp3) is 0.208. The van der Waals surface area contributed by atoms with Crippen molar-refractivity contribution in [2.24, 2.45) is 5.10 Å². The van der Waals surface area contributed by atoms with Gasteiger partial charge in [-0.25, -0.2) is 5.43 Å². The Morgan fingerprint density at radius 1 is 1.10 bits per heavy atom. The quantitative estimate of drug-likeness (QED) is 0.426. The zero-order valence-corrected chi connectivity index (χ0v) is 18.3. The van der Waals surface area contributed by atoms with Gasteiger partial charge < -0.3 is 9.47 Å². The van der Waals surface area contributed by atoms with Gasteiger partial charge in [-0.05, 0) is 61.4 Å². The average molecular weight is 437 g/mol. The fourth-order valence-electron chi connectivity index (χ4n) is 3.25. The summed E-state index contributed by atoms with van der Waals surface area (Å²) in [5.41, 5.74) is 4.93. The smallest absolute Gasteiger partial charge is 0.276 e. The summed E-state index contributed by atoms with van der Waals surface area (Å²) < 4.78 is 1.47. The van der Waals surface area contributed by atoms with Gasteiger partial charge in [0, 0.05) is 30.0 Å². The molecule has 1 amide bonds. The van der Waals surface area contributed by atoms with Gasteiger partial charge in [0.25, 0.3) is 11.5 Å². The van der Waals surface area contributed by atoms with E-state index in [1.807, 2.05) is 36.4 Å². The molecule has 31 heavy (non-hydrogen) atoms. The topological polar surface area (TPSA) is 66.7 Å². The van der Waals surface area contributed by atoms with Crippen LogP contribution in [0.15, 0.2) is 76.8 Å². The minimum atomic E-state index is -0.554. The predicted octanol–water partition coefficient (Wildman–Crippen LogP) is 4.16. The molecule has 0 aliphatic rings. The van der Waals surface area contributed by atoms with Crippen LogP contribution in [0.25, 0.3) is 0 Å². The predicted molar refractivity (Wildman–Crippen MR) is 126 cm³/mol. The van der Waals surface area contributed by atoms with Crippen LogP contribution in [-0.4, -0.2) is 29.8 Å². The molecule has 0 aliphatic heterocycles. The largest absolute Gasteiger partial charge is 0.372 e. The summed E-state index contributed by atoms with van der Waals surface area (Å²) in [7, 11) is 0. The van der Waals surface area contributed by atoms with Crippen molar-refractivity contribution in [2.75, 3.05) is 18.0 Å². The Balaban J connectivity index is 1.67. The number of nitrogens with zero attached hydrogens (tertiary/aromatic N) is 3. The summed E-state index contributed by atoms with van der Waals surface area (Å²) in [6, 6.07) is 18.3. The molecule has 7 heteroatoms. The monoisotopic (exact) mass is 436 g/mol. The summed E-state index contributed by atoms with van der Waals surface area (Å²) >= 11 is 6.01. The molecule has 2 aromatic carbocycles. The highest BCUT2D eigenvalue weighted by atomic mass is 35.5. The first-order valence-electron chi connectivity index (χ1n) is 10.1. The van der Waals surface area contributed by atoms with Crippen LogP contribution in [0.2, 0.25) is 5.02 Å². The number of carbonyl (C=O) groups is 1. The SMILES string of the molecule is CCN(CC)c1ccc(/C=N\NC(=O)c2cccn(Cc3cccc(Cl)c3)c2=O)cc1. The van der Waals surface area contributed by atoms with E-state index in [4.69, 9.17) is 11.6 Å². The highest BCUT2D eigenvalue weighted by Crippen LogP contribution is 2.14. The molecule has 1 N–H and O–H groups in total. The molecule has 160 valence electrons. The number of hydrazone groups is 1. The zero-order chi connectivity index (χ0) is 22.2. The first-order chi connectivity index (χ1) is 15.0. The Morgan fingerprint density at radius 3 is 2.52 bits per heavy atom. The number of amides is 1. The maximum absolute atomic E-state index is 12.7. The molecular weight excluding hydrogens is 412 g/mol. The van der Waals surface area contributed by atoms with Crippen LogP contribution in [0.4, 0.5) is 5.69 Å². The van der Waals surface area contributed by atoms with Crippen LogP contribution in [0, 0.1) is 0 Å². The van der Waals surface area contributed by atoms with Gasteiger partial charge in [0.1, 0.15) is 5.56 Å². The Morgan fingerprint density at radius 2 is 1.84 bits per heavy atom. The Hall–Kier alpha value is -3.38. The van der Waals surface area contributed by atoms with Crippen LogP contribution < -0.4 is 15.9 Å². The molecule has 6 nitrogen and oxygen atoms in total. The third kappa shape index (κ3) is 5.83. The van der Waals surface area contributed by atoms with Gasteiger partial charge in [0.15, 0.2) is 0 Å². The molecule has 0 saturated carbocycles. The van der Waals surface area contributed by atoms with Crippen molar-refractivity contribution in [3.8, 4) is 0 Å². The van der Waals surface area contributed by atoms with E-state index in [9.17, 15) is 9.59 Å². The summed E-state index contributed by atoms with van der Waals surface area (Å²) in [6.07, 6.45) is 3.19. The summed E-state index contributed by atoms with van der Waals surface area (Å²) in [4.78, 5) is 27.4. The third-order valence-electron chi connectivity index (χ3n) is 4.91. The maximum Gasteiger partial charge on any atom is 0.276 e. The normalized spacial score (nSPS) is 10.9. The molecule has 0 atom stereocenters. The maximum atomic E-state index is 12.7. The van der Waals surface area contributed by atoms with Crippen LogP contribution >= 0.6 is 11.6 Å². The second-order valence-corrected chi connectivity index (χ2v) is 7.38. The molecule has 1 heterocycles. The molecule has 0 bridgehead atoms. The van der Waals surface area contributed by atoms with E-state index < -0.39 is 11.5 Å². The number of hydrogen-bond acceptors (Lipinski definition) is 4. The highest BCUT2D eigenvalue weighted by Gasteiger charge is 2.11. The lowest BCUT2D eigenvalue weighted by Crippen LogP contribution is -2.30. The number of anilines is 1. The molecule has 0 spiro atoms. The first-order valence-corrected chi connectivity index (χ1v) is 10.5. The van der Waals surface area contributed by atoms with Crippen LogP contribution in [0.3, 0.4) is 0 Å². The van der Waals surface area contributed by atoms with Gasteiger partial charge >= 0.3 is 0 Å². The lowest BCUT2D eigenvalue weighted by Gasteiger charge is -2.20. The van der Waals surface area contributed by atoms with Gasteiger partial charge in [-0.3, -0.25) is 9.59 Å². The van der Waals surface area contributed by atoms with Gasteiger partial charge in [-0.1, -0.05) is 35.9 Å². The number of benzene rings is 2. The van der Waals surface area contributed by atoms with Gasteiger partial charge in [-0.15, -0.1) is 0 Å². The van der Waals surface area contributed by atoms with Crippen molar-refractivity contribution in [2.45, 2.75) is 20.4 Å². The van der Waals surface area contributed by atoms with E-state index in [-0.39, 0.29) is 5.56 Å². The van der Waals surface area contributed by atoms with Crippen molar-refractivity contribution in [1.82, 2.24) is 9.99 Å². The van der Waals surface area contributed by atoms with E-state index in [2.05, 4.69) is 29.3 Å². The molecule has 3 aromatic rings. The van der Waals surface area contributed by atoms with Crippen LogP contribution in [0.1, 0.15) is 35.3 Å². The molecule has 1 aromatic heterocycles. The number of carbonyl (C=O) groups excluding carboxylic acids is 1. The first kappa shape index (κ1) is 22.3. The zero-order valence-electron chi connectivity index (χ0n) is 17.6. The number of aromatic nitrogens is 1. The number of nitrogens with one attached hydrogen (secondary N) is 1. The number of hydrogen-bond donors (Lipinski definition) is 1. The van der Waals surface area contributed by atoms with Gasteiger partial charge in [0.2, 0.25) is 0 Å². The van der Waals surface area contributed by atoms with E-state index in [0.717, 1.165) is 29.9 Å².